The highest BCUT2D eigenvalue weighted by Gasteiger charge is 2.31. The van der Waals surface area contributed by atoms with Crippen molar-refractivity contribution in [3.8, 4) is 0 Å². The molecule has 2 aliphatic heterocycles. The van der Waals surface area contributed by atoms with E-state index >= 15 is 0 Å². The number of hydrogen-bond acceptors (Lipinski definition) is 4. The van der Waals surface area contributed by atoms with Crippen LogP contribution < -0.4 is 5.73 Å². The van der Waals surface area contributed by atoms with Gasteiger partial charge in [-0.3, -0.25) is 9.80 Å². The fourth-order valence-electron chi connectivity index (χ4n) is 3.26. The van der Waals surface area contributed by atoms with Crippen LogP contribution in [0, 0.1) is 5.92 Å². The van der Waals surface area contributed by atoms with Gasteiger partial charge < -0.3 is 5.73 Å². The van der Waals surface area contributed by atoms with Gasteiger partial charge in [0.15, 0.2) is 0 Å². The number of nitrogens with two attached hydrogens (primary N) is 1. The first-order valence-electron chi connectivity index (χ1n) is 7.52. The van der Waals surface area contributed by atoms with Crippen molar-refractivity contribution in [3.05, 3.63) is 0 Å². The largest absolute Gasteiger partial charge is 0.329 e. The minimum absolute atomic E-state index is 0.638. The molecular weight excluding hydrogens is 242 g/mol. The highest BCUT2D eigenvalue weighted by molar-refractivity contribution is 7.99. The molecule has 2 fully saturated rings. The second kappa shape index (κ2) is 7.13. The van der Waals surface area contributed by atoms with Gasteiger partial charge in [0.25, 0.3) is 0 Å². The van der Waals surface area contributed by atoms with Gasteiger partial charge in [0, 0.05) is 44.8 Å². The SMILES string of the molecule is CCC(C)N1CCN(C(CN)C2CCSC2)CC1. The van der Waals surface area contributed by atoms with Crippen LogP contribution in [0.2, 0.25) is 0 Å². The van der Waals surface area contributed by atoms with Gasteiger partial charge in [-0.2, -0.15) is 11.8 Å². The van der Waals surface area contributed by atoms with E-state index in [1.165, 1.54) is 50.5 Å². The van der Waals surface area contributed by atoms with Gasteiger partial charge in [-0.1, -0.05) is 6.92 Å². The first kappa shape index (κ1) is 14.6. The molecule has 4 heteroatoms. The Labute approximate surface area is 116 Å². The minimum atomic E-state index is 0.638. The summed E-state index contributed by atoms with van der Waals surface area (Å²) in [5.74, 6) is 3.51. The molecule has 0 aromatic heterocycles. The van der Waals surface area contributed by atoms with Crippen molar-refractivity contribution in [1.29, 1.82) is 0 Å². The molecule has 106 valence electrons. The van der Waals surface area contributed by atoms with Crippen LogP contribution in [0.3, 0.4) is 0 Å². The Hall–Kier alpha value is 0.230. The summed E-state index contributed by atoms with van der Waals surface area (Å²) < 4.78 is 0. The van der Waals surface area contributed by atoms with E-state index in [1.807, 2.05) is 0 Å². The van der Waals surface area contributed by atoms with E-state index in [2.05, 4.69) is 35.4 Å². The highest BCUT2D eigenvalue weighted by Crippen LogP contribution is 2.29. The smallest absolute Gasteiger partial charge is 0.0255 e. The zero-order valence-corrected chi connectivity index (χ0v) is 12.8. The van der Waals surface area contributed by atoms with E-state index in [1.54, 1.807) is 0 Å². The predicted molar refractivity (Wildman–Crippen MR) is 81.2 cm³/mol. The molecule has 18 heavy (non-hydrogen) atoms. The average Bonchev–Trinajstić information content (AvgIpc) is 2.93. The molecule has 0 radical (unpaired) electrons. The van der Waals surface area contributed by atoms with Crippen molar-refractivity contribution in [1.82, 2.24) is 9.80 Å². The third kappa shape index (κ3) is 3.41. The molecule has 0 spiro atoms. The normalized spacial score (nSPS) is 30.5. The van der Waals surface area contributed by atoms with Crippen LogP contribution in [0.15, 0.2) is 0 Å². The molecule has 3 atom stereocenters. The van der Waals surface area contributed by atoms with Crippen LogP contribution in [-0.4, -0.2) is 66.1 Å². The Morgan fingerprint density at radius 2 is 1.89 bits per heavy atom. The molecule has 2 heterocycles. The number of piperazine rings is 1. The molecule has 0 amide bonds. The van der Waals surface area contributed by atoms with Crippen molar-refractivity contribution >= 4 is 11.8 Å². The van der Waals surface area contributed by atoms with Crippen LogP contribution in [0.4, 0.5) is 0 Å². The number of rotatable bonds is 5. The van der Waals surface area contributed by atoms with Gasteiger partial charge in [0.1, 0.15) is 0 Å². The molecule has 0 aromatic carbocycles. The van der Waals surface area contributed by atoms with Gasteiger partial charge >= 0.3 is 0 Å². The fourth-order valence-corrected chi connectivity index (χ4v) is 4.59. The first-order valence-corrected chi connectivity index (χ1v) is 8.67. The topological polar surface area (TPSA) is 32.5 Å². The Morgan fingerprint density at radius 3 is 2.39 bits per heavy atom. The van der Waals surface area contributed by atoms with Crippen LogP contribution in [0.1, 0.15) is 26.7 Å². The van der Waals surface area contributed by atoms with E-state index in [0.29, 0.717) is 6.04 Å². The van der Waals surface area contributed by atoms with E-state index in [4.69, 9.17) is 5.73 Å². The molecule has 0 aromatic rings. The quantitative estimate of drug-likeness (QED) is 0.821. The summed E-state index contributed by atoms with van der Waals surface area (Å²) in [5.41, 5.74) is 6.04. The Morgan fingerprint density at radius 1 is 1.22 bits per heavy atom. The summed E-state index contributed by atoms with van der Waals surface area (Å²) in [6.07, 6.45) is 2.64. The molecule has 2 saturated heterocycles. The molecule has 0 bridgehead atoms. The molecule has 0 aliphatic carbocycles. The van der Waals surface area contributed by atoms with E-state index in [-0.39, 0.29) is 0 Å². The van der Waals surface area contributed by atoms with Crippen LogP contribution in [0.5, 0.6) is 0 Å². The zero-order valence-electron chi connectivity index (χ0n) is 12.0. The van der Waals surface area contributed by atoms with Gasteiger partial charge in [-0.15, -0.1) is 0 Å². The van der Waals surface area contributed by atoms with Crippen molar-refractivity contribution < 1.29 is 0 Å². The summed E-state index contributed by atoms with van der Waals surface area (Å²) in [5, 5.41) is 0. The lowest BCUT2D eigenvalue weighted by atomic mass is 9.97. The first-order chi connectivity index (χ1) is 8.76. The minimum Gasteiger partial charge on any atom is -0.329 e. The molecule has 2 aliphatic rings. The second-order valence-electron chi connectivity index (χ2n) is 5.76. The maximum Gasteiger partial charge on any atom is 0.0255 e. The molecule has 0 saturated carbocycles. The molecule has 3 nitrogen and oxygen atoms in total. The Kier molecular flexibility index (Phi) is 5.80. The summed E-state index contributed by atoms with van der Waals surface area (Å²) in [6.45, 7) is 10.4. The second-order valence-corrected chi connectivity index (χ2v) is 6.91. The van der Waals surface area contributed by atoms with Gasteiger partial charge in [-0.25, -0.2) is 0 Å². The van der Waals surface area contributed by atoms with E-state index in [9.17, 15) is 0 Å². The van der Waals surface area contributed by atoms with Crippen molar-refractivity contribution in [3.63, 3.8) is 0 Å². The lowest BCUT2D eigenvalue weighted by Gasteiger charge is -2.42. The molecular formula is C14H29N3S. The third-order valence-electron chi connectivity index (χ3n) is 4.78. The Balaban J connectivity index is 1.83. The van der Waals surface area contributed by atoms with Gasteiger partial charge in [0.2, 0.25) is 0 Å². The van der Waals surface area contributed by atoms with Crippen molar-refractivity contribution in [2.75, 3.05) is 44.2 Å². The maximum atomic E-state index is 6.04. The highest BCUT2D eigenvalue weighted by atomic mass is 32.2. The van der Waals surface area contributed by atoms with E-state index in [0.717, 1.165) is 18.5 Å². The fraction of sp³-hybridized carbons (Fsp3) is 1.00. The number of thioether (sulfide) groups is 1. The maximum absolute atomic E-state index is 6.04. The van der Waals surface area contributed by atoms with E-state index < -0.39 is 0 Å². The summed E-state index contributed by atoms with van der Waals surface area (Å²) >= 11 is 2.11. The average molecular weight is 271 g/mol. The number of nitrogens with zero attached hydrogens (tertiary/aromatic N) is 2. The van der Waals surface area contributed by atoms with Gasteiger partial charge in [-0.05, 0) is 37.2 Å². The standard InChI is InChI=1S/C14H29N3S/c1-3-12(2)16-5-7-17(8-6-16)14(10-15)13-4-9-18-11-13/h12-14H,3-11,15H2,1-2H3. The molecule has 2 N–H and O–H groups in total. The van der Waals surface area contributed by atoms with Crippen LogP contribution >= 0.6 is 11.8 Å². The lowest BCUT2D eigenvalue weighted by Crippen LogP contribution is -2.56. The van der Waals surface area contributed by atoms with Gasteiger partial charge in [0.05, 0.1) is 0 Å². The third-order valence-corrected chi connectivity index (χ3v) is 5.97. The predicted octanol–water partition coefficient (Wildman–Crippen LogP) is 1.48. The monoisotopic (exact) mass is 271 g/mol. The van der Waals surface area contributed by atoms with Crippen LogP contribution in [-0.2, 0) is 0 Å². The van der Waals surface area contributed by atoms with Crippen molar-refractivity contribution in [2.24, 2.45) is 11.7 Å². The zero-order chi connectivity index (χ0) is 13.0. The van der Waals surface area contributed by atoms with Crippen molar-refractivity contribution in [2.45, 2.75) is 38.8 Å². The Bertz CT molecular complexity index is 235. The molecule has 3 unspecified atom stereocenters. The molecule has 2 rings (SSSR count). The number of hydrogen-bond donors (Lipinski definition) is 1. The summed E-state index contributed by atoms with van der Waals surface area (Å²) in [6, 6.07) is 1.38. The lowest BCUT2D eigenvalue weighted by molar-refractivity contribution is 0.0584. The summed E-state index contributed by atoms with van der Waals surface area (Å²) in [7, 11) is 0. The summed E-state index contributed by atoms with van der Waals surface area (Å²) in [4.78, 5) is 5.29. The van der Waals surface area contributed by atoms with Crippen LogP contribution in [0.25, 0.3) is 0 Å².